The fourth-order valence-corrected chi connectivity index (χ4v) is 3.30. The van der Waals surface area contributed by atoms with Crippen molar-refractivity contribution in [3.8, 4) is 11.4 Å². The third kappa shape index (κ3) is 3.03. The van der Waals surface area contributed by atoms with Crippen LogP contribution in [0.2, 0.25) is 0 Å². The molecule has 2 heterocycles. The van der Waals surface area contributed by atoms with E-state index in [1.165, 1.54) is 0 Å². The molecule has 1 unspecified atom stereocenters. The van der Waals surface area contributed by atoms with Crippen molar-refractivity contribution in [3.05, 3.63) is 71.7 Å². The topological polar surface area (TPSA) is 93.5 Å². The zero-order chi connectivity index (χ0) is 19.0. The van der Waals surface area contributed by atoms with E-state index >= 15 is 0 Å². The Morgan fingerprint density at radius 1 is 1.26 bits per heavy atom. The molecule has 0 saturated carbocycles. The third-order valence-corrected chi connectivity index (χ3v) is 4.66. The zero-order valence-corrected chi connectivity index (χ0v) is 14.5. The van der Waals surface area contributed by atoms with Crippen LogP contribution in [0.3, 0.4) is 0 Å². The quantitative estimate of drug-likeness (QED) is 0.743. The molecule has 0 spiro atoms. The summed E-state index contributed by atoms with van der Waals surface area (Å²) in [5, 5.41) is 12.0. The van der Waals surface area contributed by atoms with Crippen molar-refractivity contribution >= 4 is 17.7 Å². The van der Waals surface area contributed by atoms with E-state index in [0.717, 1.165) is 16.9 Å². The van der Waals surface area contributed by atoms with Gasteiger partial charge in [0.1, 0.15) is 17.9 Å². The summed E-state index contributed by atoms with van der Waals surface area (Å²) in [5.74, 6) is -0.00134. The highest BCUT2D eigenvalue weighted by Crippen LogP contribution is 2.37. The van der Waals surface area contributed by atoms with Crippen LogP contribution >= 0.6 is 0 Å². The number of aromatic nitrogens is 2. The lowest BCUT2D eigenvalue weighted by Crippen LogP contribution is -2.25. The van der Waals surface area contributed by atoms with Gasteiger partial charge in [-0.3, -0.25) is 9.36 Å². The van der Waals surface area contributed by atoms with Gasteiger partial charge in [0, 0.05) is 18.4 Å². The summed E-state index contributed by atoms with van der Waals surface area (Å²) in [4.78, 5) is 27.9. The number of carbonyl (C=O) groups is 2. The van der Waals surface area contributed by atoms with E-state index in [-0.39, 0.29) is 23.8 Å². The second-order valence-corrected chi connectivity index (χ2v) is 6.28. The lowest BCUT2D eigenvalue weighted by molar-refractivity contribution is -0.116. The number of imidazole rings is 1. The van der Waals surface area contributed by atoms with E-state index in [0.29, 0.717) is 11.6 Å². The normalized spacial score (nSPS) is 15.7. The maximum absolute atomic E-state index is 12.3. The molecule has 7 nitrogen and oxygen atoms in total. The molecule has 1 aliphatic rings. The molecule has 1 amide bonds. The van der Waals surface area contributed by atoms with Gasteiger partial charge in [0.05, 0.1) is 24.1 Å². The van der Waals surface area contributed by atoms with Gasteiger partial charge >= 0.3 is 5.97 Å². The minimum atomic E-state index is -0.981. The van der Waals surface area contributed by atoms with Crippen molar-refractivity contribution in [2.45, 2.75) is 12.3 Å². The zero-order valence-electron chi connectivity index (χ0n) is 14.5. The number of nitrogens with zero attached hydrogens (tertiary/aromatic N) is 2. The van der Waals surface area contributed by atoms with Crippen LogP contribution in [0.5, 0.6) is 5.75 Å². The fraction of sp³-hybridized carbons (Fsp3) is 0.150. The number of hydrogen-bond acceptors (Lipinski definition) is 4. The largest absolute Gasteiger partial charge is 0.497 e. The second kappa shape index (κ2) is 6.60. The molecule has 2 N–H and O–H groups in total. The van der Waals surface area contributed by atoms with Crippen LogP contribution < -0.4 is 10.1 Å². The Bertz CT molecular complexity index is 1020. The molecule has 1 atom stereocenters. The van der Waals surface area contributed by atoms with Crippen LogP contribution in [0.15, 0.2) is 54.9 Å². The Kier molecular flexibility index (Phi) is 4.12. The first-order valence-electron chi connectivity index (χ1n) is 8.41. The van der Waals surface area contributed by atoms with Crippen molar-refractivity contribution in [1.29, 1.82) is 0 Å². The highest BCUT2D eigenvalue weighted by Gasteiger charge is 2.31. The lowest BCUT2D eigenvalue weighted by Gasteiger charge is -2.23. The maximum atomic E-state index is 12.3. The van der Waals surface area contributed by atoms with Crippen LogP contribution in [0.1, 0.15) is 34.0 Å². The molecule has 1 aromatic heterocycles. The van der Waals surface area contributed by atoms with Gasteiger partial charge in [0.15, 0.2) is 0 Å². The number of amides is 1. The molecule has 136 valence electrons. The molecule has 0 aliphatic carbocycles. The summed E-state index contributed by atoms with van der Waals surface area (Å²) in [6.45, 7) is 0. The number of carboxylic acids is 1. The minimum Gasteiger partial charge on any atom is -0.497 e. The highest BCUT2D eigenvalue weighted by atomic mass is 16.5. The number of anilines is 1. The van der Waals surface area contributed by atoms with E-state index in [1.54, 1.807) is 37.7 Å². The Morgan fingerprint density at radius 2 is 2.04 bits per heavy atom. The standard InChI is InChI=1S/C20H17N3O4/c1-27-15-4-2-3-14(9-15)23-11-21-18-16(10-17(24)22-19(18)23)12-5-7-13(8-6-12)20(25)26/h2-9,11,16H,10H2,1H3,(H,22,24)(H,25,26). The van der Waals surface area contributed by atoms with Crippen molar-refractivity contribution < 1.29 is 19.4 Å². The van der Waals surface area contributed by atoms with Gasteiger partial charge in [-0.05, 0) is 29.8 Å². The molecule has 0 bridgehead atoms. The number of carboxylic acid groups (broad SMARTS) is 1. The lowest BCUT2D eigenvalue weighted by atomic mass is 9.89. The number of fused-ring (bicyclic) bond motifs is 1. The van der Waals surface area contributed by atoms with Gasteiger partial charge in [-0.1, -0.05) is 18.2 Å². The van der Waals surface area contributed by atoms with Gasteiger partial charge in [0.25, 0.3) is 0 Å². The van der Waals surface area contributed by atoms with Gasteiger partial charge in [-0.25, -0.2) is 9.78 Å². The van der Waals surface area contributed by atoms with Crippen LogP contribution in [-0.4, -0.2) is 33.6 Å². The number of methoxy groups -OCH3 is 1. The summed E-state index contributed by atoms with van der Waals surface area (Å²) in [5.41, 5.74) is 2.64. The van der Waals surface area contributed by atoms with E-state index in [2.05, 4.69) is 10.3 Å². The van der Waals surface area contributed by atoms with Crippen molar-refractivity contribution in [1.82, 2.24) is 9.55 Å². The smallest absolute Gasteiger partial charge is 0.335 e. The molecule has 2 aromatic carbocycles. The number of carbonyl (C=O) groups excluding carboxylic acids is 1. The summed E-state index contributed by atoms with van der Waals surface area (Å²) in [7, 11) is 1.60. The Morgan fingerprint density at radius 3 is 2.74 bits per heavy atom. The molecule has 0 saturated heterocycles. The molecule has 7 heteroatoms. The molecular formula is C20H17N3O4. The average Bonchev–Trinajstić information content (AvgIpc) is 3.11. The van der Waals surface area contributed by atoms with Crippen molar-refractivity contribution in [2.75, 3.05) is 12.4 Å². The van der Waals surface area contributed by atoms with Crippen molar-refractivity contribution in [2.24, 2.45) is 0 Å². The van der Waals surface area contributed by atoms with Crippen LogP contribution in [0.4, 0.5) is 5.82 Å². The molecule has 1 aliphatic heterocycles. The first-order chi connectivity index (χ1) is 13.1. The number of aromatic carboxylic acids is 1. The minimum absolute atomic E-state index is 0.112. The molecule has 0 fully saturated rings. The number of benzene rings is 2. The predicted molar refractivity (Wildman–Crippen MR) is 98.6 cm³/mol. The first kappa shape index (κ1) is 16.8. The summed E-state index contributed by atoms with van der Waals surface area (Å²) >= 11 is 0. The van der Waals surface area contributed by atoms with Crippen LogP contribution in [-0.2, 0) is 4.79 Å². The van der Waals surface area contributed by atoms with Crippen molar-refractivity contribution in [3.63, 3.8) is 0 Å². The number of ether oxygens (including phenoxy) is 1. The third-order valence-electron chi connectivity index (χ3n) is 4.66. The molecule has 4 rings (SSSR count). The number of rotatable bonds is 4. The van der Waals surface area contributed by atoms with E-state index in [9.17, 15) is 9.59 Å². The fourth-order valence-electron chi connectivity index (χ4n) is 3.30. The molecule has 27 heavy (non-hydrogen) atoms. The average molecular weight is 363 g/mol. The Balaban J connectivity index is 1.76. The summed E-state index contributed by atoms with van der Waals surface area (Å²) < 4.78 is 7.08. The van der Waals surface area contributed by atoms with Gasteiger partial charge < -0.3 is 15.2 Å². The number of nitrogens with one attached hydrogen (secondary N) is 1. The highest BCUT2D eigenvalue weighted by molar-refractivity contribution is 5.94. The monoisotopic (exact) mass is 363 g/mol. The molecule has 0 radical (unpaired) electrons. The van der Waals surface area contributed by atoms with E-state index in [4.69, 9.17) is 9.84 Å². The van der Waals surface area contributed by atoms with E-state index < -0.39 is 5.97 Å². The van der Waals surface area contributed by atoms with Gasteiger partial charge in [-0.2, -0.15) is 0 Å². The Labute approximate surface area is 155 Å². The summed E-state index contributed by atoms with van der Waals surface area (Å²) in [6.07, 6.45) is 1.93. The molecular weight excluding hydrogens is 346 g/mol. The summed E-state index contributed by atoms with van der Waals surface area (Å²) in [6, 6.07) is 14.0. The predicted octanol–water partition coefficient (Wildman–Crippen LogP) is 3.05. The van der Waals surface area contributed by atoms with Gasteiger partial charge in [0.2, 0.25) is 5.91 Å². The number of hydrogen-bond donors (Lipinski definition) is 2. The van der Waals surface area contributed by atoms with Crippen LogP contribution in [0, 0.1) is 0 Å². The maximum Gasteiger partial charge on any atom is 0.335 e. The Hall–Kier alpha value is -3.61. The SMILES string of the molecule is COc1cccc(-n2cnc3c2NC(=O)CC3c2ccc(C(=O)O)cc2)c1. The first-order valence-corrected chi connectivity index (χ1v) is 8.41. The van der Waals surface area contributed by atoms with Gasteiger partial charge in [-0.15, -0.1) is 0 Å². The van der Waals surface area contributed by atoms with Crippen LogP contribution in [0.25, 0.3) is 5.69 Å². The second-order valence-electron chi connectivity index (χ2n) is 6.28. The molecule has 3 aromatic rings. The van der Waals surface area contributed by atoms with E-state index in [1.807, 2.05) is 28.8 Å².